The average Bonchev–Trinajstić information content (AvgIpc) is 3.04. The molecule has 4 nitrogen and oxygen atoms in total. The van der Waals surface area contributed by atoms with E-state index in [4.69, 9.17) is 4.74 Å². The van der Waals surface area contributed by atoms with Gasteiger partial charge in [-0.1, -0.05) is 42.5 Å². The van der Waals surface area contributed by atoms with Gasteiger partial charge in [-0.25, -0.2) is 4.79 Å². The number of ether oxygens (including phenoxy) is 1. The van der Waals surface area contributed by atoms with Crippen LogP contribution in [0.3, 0.4) is 0 Å². The van der Waals surface area contributed by atoms with Gasteiger partial charge in [0.1, 0.15) is 6.61 Å². The first-order valence-corrected chi connectivity index (χ1v) is 7.60. The maximum atomic E-state index is 12.1. The Hall–Kier alpha value is -2.30. The topological polar surface area (TPSA) is 42.4 Å². The summed E-state index contributed by atoms with van der Waals surface area (Å²) in [5.41, 5.74) is 3.22. The van der Waals surface area contributed by atoms with Crippen LogP contribution in [0.1, 0.15) is 23.5 Å². The zero-order valence-corrected chi connectivity index (χ0v) is 12.7. The smallest absolute Gasteiger partial charge is 0.410 e. The molecule has 0 radical (unpaired) electrons. The highest BCUT2D eigenvalue weighted by atomic mass is 16.6. The predicted octanol–water partition coefficient (Wildman–Crippen LogP) is 1.47. The molecule has 1 atom stereocenters. The number of carbonyl (C=O) groups is 1. The third kappa shape index (κ3) is 3.48. The van der Waals surface area contributed by atoms with Crippen LogP contribution in [-0.2, 0) is 11.3 Å². The van der Waals surface area contributed by atoms with Crippen LogP contribution < -0.4 is 5.59 Å². The Balaban J connectivity index is 1.53. The normalized spacial score (nSPS) is 17.5. The van der Waals surface area contributed by atoms with Gasteiger partial charge >= 0.3 is 6.09 Å². The highest BCUT2D eigenvalue weighted by Crippen LogP contribution is 2.26. The molecular weight excluding hydrogens is 275 g/mol. The first-order chi connectivity index (χ1) is 10.7. The molecule has 0 saturated carbocycles. The molecule has 3 rings (SSSR count). The minimum atomic E-state index is -0.230. The van der Waals surface area contributed by atoms with Gasteiger partial charge in [-0.3, -0.25) is 4.98 Å². The number of pyridine rings is 1. The Kier molecular flexibility index (Phi) is 4.42. The summed E-state index contributed by atoms with van der Waals surface area (Å²) in [5, 5.41) is 0. The minimum absolute atomic E-state index is 0.230. The fourth-order valence-corrected chi connectivity index (χ4v) is 2.73. The van der Waals surface area contributed by atoms with E-state index in [2.05, 4.69) is 11.1 Å². The molecular formula is C17H19BN2O2. The number of rotatable bonds is 3. The monoisotopic (exact) mass is 294 g/mol. The molecule has 22 heavy (non-hydrogen) atoms. The van der Waals surface area contributed by atoms with Gasteiger partial charge in [-0.05, 0) is 23.1 Å². The van der Waals surface area contributed by atoms with Gasteiger partial charge in [0, 0.05) is 25.2 Å². The summed E-state index contributed by atoms with van der Waals surface area (Å²) < 4.78 is 5.39. The third-order valence-electron chi connectivity index (χ3n) is 4.06. The van der Waals surface area contributed by atoms with Gasteiger partial charge < -0.3 is 9.64 Å². The van der Waals surface area contributed by atoms with E-state index in [9.17, 15) is 4.79 Å². The zero-order chi connectivity index (χ0) is 15.4. The second-order valence-electron chi connectivity index (χ2n) is 5.70. The lowest BCUT2D eigenvalue weighted by atomic mass is 9.97. The third-order valence-corrected chi connectivity index (χ3v) is 4.06. The van der Waals surface area contributed by atoms with E-state index >= 15 is 0 Å². The molecule has 1 aliphatic heterocycles. The fraction of sp³-hybridized carbons (Fsp3) is 0.294. The second kappa shape index (κ2) is 6.64. The van der Waals surface area contributed by atoms with Gasteiger partial charge in [0.15, 0.2) is 7.85 Å². The summed E-state index contributed by atoms with van der Waals surface area (Å²) in [5.74, 6) is 0.359. The summed E-state index contributed by atoms with van der Waals surface area (Å²) in [6, 6.07) is 13.9. The number of hydrogen-bond donors (Lipinski definition) is 0. The van der Waals surface area contributed by atoms with E-state index in [0.717, 1.165) is 24.1 Å². The summed E-state index contributed by atoms with van der Waals surface area (Å²) in [4.78, 5) is 18.3. The van der Waals surface area contributed by atoms with Crippen molar-refractivity contribution in [2.45, 2.75) is 18.9 Å². The van der Waals surface area contributed by atoms with Gasteiger partial charge in [0.25, 0.3) is 0 Å². The number of likely N-dealkylation sites (tertiary alicyclic amines) is 1. The quantitative estimate of drug-likeness (QED) is 0.805. The minimum Gasteiger partial charge on any atom is -0.445 e. The molecule has 1 aromatic heterocycles. The maximum Gasteiger partial charge on any atom is 0.410 e. The van der Waals surface area contributed by atoms with Crippen molar-refractivity contribution in [3.05, 3.63) is 59.8 Å². The van der Waals surface area contributed by atoms with Gasteiger partial charge in [0.05, 0.1) is 0 Å². The molecule has 1 unspecified atom stereocenters. The van der Waals surface area contributed by atoms with Crippen molar-refractivity contribution >= 4 is 19.5 Å². The SMILES string of the molecule is Bc1ccc(C2CCN(C(=O)OCc3ccccc3)C2)cn1. The number of hydrogen-bond acceptors (Lipinski definition) is 3. The molecule has 1 aromatic carbocycles. The number of carbonyl (C=O) groups excluding carboxylic acids is 1. The molecule has 1 fully saturated rings. The highest BCUT2D eigenvalue weighted by molar-refractivity contribution is 6.30. The molecule has 0 bridgehead atoms. The Bertz CT molecular complexity index is 631. The maximum absolute atomic E-state index is 12.1. The lowest BCUT2D eigenvalue weighted by Gasteiger charge is -2.16. The predicted molar refractivity (Wildman–Crippen MR) is 88.0 cm³/mol. The lowest BCUT2D eigenvalue weighted by molar-refractivity contribution is 0.104. The van der Waals surface area contributed by atoms with Gasteiger partial charge in [-0.2, -0.15) is 0 Å². The summed E-state index contributed by atoms with van der Waals surface area (Å²) >= 11 is 0. The van der Waals surface area contributed by atoms with Crippen LogP contribution in [0, 0.1) is 0 Å². The fourth-order valence-electron chi connectivity index (χ4n) is 2.73. The lowest BCUT2D eigenvalue weighted by Crippen LogP contribution is -2.29. The Morgan fingerprint density at radius 1 is 1.27 bits per heavy atom. The molecule has 5 heteroatoms. The van der Waals surface area contributed by atoms with Crippen molar-refractivity contribution in [1.29, 1.82) is 0 Å². The molecule has 1 amide bonds. The van der Waals surface area contributed by atoms with E-state index in [1.807, 2.05) is 50.4 Å². The highest BCUT2D eigenvalue weighted by Gasteiger charge is 2.28. The van der Waals surface area contributed by atoms with E-state index in [1.165, 1.54) is 5.56 Å². The van der Waals surface area contributed by atoms with Crippen molar-refractivity contribution in [1.82, 2.24) is 9.88 Å². The molecule has 0 aliphatic carbocycles. The van der Waals surface area contributed by atoms with Crippen molar-refractivity contribution in [3.63, 3.8) is 0 Å². The van der Waals surface area contributed by atoms with E-state index in [1.54, 1.807) is 4.90 Å². The second-order valence-corrected chi connectivity index (χ2v) is 5.70. The Labute approximate surface area is 131 Å². The molecule has 2 heterocycles. The first kappa shape index (κ1) is 14.6. The summed E-state index contributed by atoms with van der Waals surface area (Å²) in [7, 11) is 1.98. The summed E-state index contributed by atoms with van der Waals surface area (Å²) in [6.07, 6.45) is 2.65. The summed E-state index contributed by atoms with van der Waals surface area (Å²) in [6.45, 7) is 1.78. The van der Waals surface area contributed by atoms with Crippen LogP contribution in [0.5, 0.6) is 0 Å². The van der Waals surface area contributed by atoms with Crippen molar-refractivity contribution in [3.8, 4) is 0 Å². The number of aromatic nitrogens is 1. The van der Waals surface area contributed by atoms with Crippen molar-refractivity contribution in [2.75, 3.05) is 13.1 Å². The van der Waals surface area contributed by atoms with Gasteiger partial charge in [-0.15, -0.1) is 0 Å². The van der Waals surface area contributed by atoms with Crippen LogP contribution in [0.4, 0.5) is 4.79 Å². The average molecular weight is 294 g/mol. The van der Waals surface area contributed by atoms with Crippen molar-refractivity contribution in [2.24, 2.45) is 0 Å². The number of benzene rings is 1. The van der Waals surface area contributed by atoms with Crippen LogP contribution in [0.15, 0.2) is 48.7 Å². The number of nitrogens with zero attached hydrogens (tertiary/aromatic N) is 2. The molecule has 112 valence electrons. The Morgan fingerprint density at radius 3 is 2.82 bits per heavy atom. The molecule has 0 spiro atoms. The van der Waals surface area contributed by atoms with Crippen LogP contribution in [0.2, 0.25) is 0 Å². The molecule has 1 aliphatic rings. The van der Waals surface area contributed by atoms with Crippen LogP contribution in [0.25, 0.3) is 0 Å². The van der Waals surface area contributed by atoms with Gasteiger partial charge in [0.2, 0.25) is 0 Å². The Morgan fingerprint density at radius 2 is 2.09 bits per heavy atom. The van der Waals surface area contributed by atoms with E-state index in [0.29, 0.717) is 19.1 Å². The van der Waals surface area contributed by atoms with Crippen molar-refractivity contribution < 1.29 is 9.53 Å². The molecule has 1 saturated heterocycles. The van der Waals surface area contributed by atoms with E-state index < -0.39 is 0 Å². The van der Waals surface area contributed by atoms with E-state index in [-0.39, 0.29) is 6.09 Å². The van der Waals surface area contributed by atoms with Crippen LogP contribution >= 0.6 is 0 Å². The van der Waals surface area contributed by atoms with Crippen LogP contribution in [-0.4, -0.2) is 36.9 Å². The first-order valence-electron chi connectivity index (χ1n) is 7.60. The standard InChI is InChI=1S/C17H19BN2O2/c18-16-7-6-14(10-19-16)15-8-9-20(11-15)17(21)22-12-13-4-2-1-3-5-13/h1-7,10,15H,8-9,11-12,18H2. The number of amides is 1. The zero-order valence-electron chi connectivity index (χ0n) is 12.7. The largest absolute Gasteiger partial charge is 0.445 e. The molecule has 2 aromatic rings. The molecule has 0 N–H and O–H groups in total.